The van der Waals surface area contributed by atoms with Crippen LogP contribution in [0.1, 0.15) is 24.8 Å². The van der Waals surface area contributed by atoms with E-state index < -0.39 is 0 Å². The monoisotopic (exact) mass is 276 g/mol. The fourth-order valence-corrected chi connectivity index (χ4v) is 3.13. The van der Waals surface area contributed by atoms with E-state index in [1.807, 2.05) is 24.5 Å². The topological polar surface area (TPSA) is 36.3 Å². The molecule has 1 atom stereocenters. The van der Waals surface area contributed by atoms with Crippen LogP contribution in [0.5, 0.6) is 5.75 Å². The van der Waals surface area contributed by atoms with Gasteiger partial charge < -0.3 is 9.64 Å². The van der Waals surface area contributed by atoms with Crippen molar-refractivity contribution in [1.82, 2.24) is 4.90 Å². The van der Waals surface area contributed by atoms with Crippen molar-refractivity contribution in [2.75, 3.05) is 26.5 Å². The SMILES string of the molecule is CSc1cccc(OCCC2CCCN2C)c1C#N. The molecule has 1 aromatic carbocycles. The molecule has 0 bridgehead atoms. The molecule has 0 N–H and O–H groups in total. The number of nitriles is 1. The first-order chi connectivity index (χ1) is 9.26. The number of hydrogen-bond donors (Lipinski definition) is 0. The second-order valence-corrected chi connectivity index (χ2v) is 5.71. The standard InChI is InChI=1S/C15H20N2OS/c1-17-9-4-5-12(17)8-10-18-14-6-3-7-15(19-2)13(14)11-16/h3,6-7,12H,4-5,8-10H2,1-2H3. The summed E-state index contributed by atoms with van der Waals surface area (Å²) in [6.07, 6.45) is 5.56. The van der Waals surface area contributed by atoms with Crippen molar-refractivity contribution in [2.24, 2.45) is 0 Å². The average Bonchev–Trinajstić information content (AvgIpc) is 2.84. The molecule has 1 unspecified atom stereocenters. The zero-order valence-corrected chi connectivity index (χ0v) is 12.4. The van der Waals surface area contributed by atoms with E-state index in [1.165, 1.54) is 19.4 Å². The average molecular weight is 276 g/mol. The number of nitrogens with zero attached hydrogens (tertiary/aromatic N) is 2. The quantitative estimate of drug-likeness (QED) is 0.774. The molecule has 0 saturated carbocycles. The minimum absolute atomic E-state index is 0.634. The van der Waals surface area contributed by atoms with Gasteiger partial charge in [-0.3, -0.25) is 0 Å². The molecule has 0 radical (unpaired) electrons. The highest BCUT2D eigenvalue weighted by Gasteiger charge is 2.20. The number of rotatable bonds is 5. The van der Waals surface area contributed by atoms with Crippen LogP contribution in [0.2, 0.25) is 0 Å². The minimum Gasteiger partial charge on any atom is -0.492 e. The number of likely N-dealkylation sites (tertiary alicyclic amines) is 1. The molecule has 4 heteroatoms. The summed E-state index contributed by atoms with van der Waals surface area (Å²) in [6, 6.07) is 8.67. The molecule has 1 aliphatic heterocycles. The van der Waals surface area contributed by atoms with E-state index in [0.717, 1.165) is 17.1 Å². The maximum absolute atomic E-state index is 9.23. The molecular formula is C15H20N2OS. The van der Waals surface area contributed by atoms with Gasteiger partial charge in [0.25, 0.3) is 0 Å². The maximum atomic E-state index is 9.23. The summed E-state index contributed by atoms with van der Waals surface area (Å²) in [4.78, 5) is 3.38. The van der Waals surface area contributed by atoms with Crippen LogP contribution in [0.3, 0.4) is 0 Å². The summed E-state index contributed by atoms with van der Waals surface area (Å²) in [7, 11) is 2.17. The van der Waals surface area contributed by atoms with Crippen molar-refractivity contribution in [2.45, 2.75) is 30.2 Å². The zero-order chi connectivity index (χ0) is 13.7. The third-order valence-electron chi connectivity index (χ3n) is 3.70. The summed E-state index contributed by atoms with van der Waals surface area (Å²) < 4.78 is 5.82. The molecule has 3 nitrogen and oxygen atoms in total. The van der Waals surface area contributed by atoms with Crippen molar-refractivity contribution < 1.29 is 4.74 Å². The van der Waals surface area contributed by atoms with E-state index in [-0.39, 0.29) is 0 Å². The van der Waals surface area contributed by atoms with Gasteiger partial charge in [0.1, 0.15) is 17.4 Å². The van der Waals surface area contributed by atoms with Crippen LogP contribution in [-0.2, 0) is 0 Å². The van der Waals surface area contributed by atoms with Crippen LogP contribution in [-0.4, -0.2) is 37.4 Å². The van der Waals surface area contributed by atoms with Crippen molar-refractivity contribution >= 4 is 11.8 Å². The molecule has 19 heavy (non-hydrogen) atoms. The van der Waals surface area contributed by atoms with Gasteiger partial charge in [-0.1, -0.05) is 6.07 Å². The Balaban J connectivity index is 1.94. The van der Waals surface area contributed by atoms with Crippen molar-refractivity contribution in [3.8, 4) is 11.8 Å². The van der Waals surface area contributed by atoms with E-state index in [4.69, 9.17) is 4.74 Å². The van der Waals surface area contributed by atoms with Gasteiger partial charge in [-0.15, -0.1) is 11.8 Å². The number of ether oxygens (including phenoxy) is 1. The molecule has 1 fully saturated rings. The Morgan fingerprint density at radius 3 is 3.00 bits per heavy atom. The van der Waals surface area contributed by atoms with E-state index in [1.54, 1.807) is 11.8 Å². The van der Waals surface area contributed by atoms with Crippen LogP contribution >= 0.6 is 11.8 Å². The number of benzene rings is 1. The summed E-state index contributed by atoms with van der Waals surface area (Å²) in [5.41, 5.74) is 0.662. The van der Waals surface area contributed by atoms with Gasteiger partial charge in [-0.25, -0.2) is 0 Å². The lowest BCUT2D eigenvalue weighted by atomic mass is 10.1. The summed E-state index contributed by atoms with van der Waals surface area (Å²) in [5.74, 6) is 0.718. The molecular weight excluding hydrogens is 256 g/mol. The van der Waals surface area contributed by atoms with Crippen molar-refractivity contribution in [3.05, 3.63) is 23.8 Å². The highest BCUT2D eigenvalue weighted by atomic mass is 32.2. The summed E-state index contributed by atoms with van der Waals surface area (Å²) in [6.45, 7) is 1.87. The second-order valence-electron chi connectivity index (χ2n) is 4.86. The minimum atomic E-state index is 0.634. The van der Waals surface area contributed by atoms with Crippen LogP contribution in [0, 0.1) is 11.3 Å². The first kappa shape index (κ1) is 14.2. The van der Waals surface area contributed by atoms with Crippen LogP contribution in [0.25, 0.3) is 0 Å². The number of thioether (sulfide) groups is 1. The normalized spacial score (nSPS) is 19.3. The molecule has 0 aliphatic carbocycles. The zero-order valence-electron chi connectivity index (χ0n) is 11.6. The van der Waals surface area contributed by atoms with Gasteiger partial charge in [-0.2, -0.15) is 5.26 Å². The first-order valence-corrected chi connectivity index (χ1v) is 7.89. The van der Waals surface area contributed by atoms with Gasteiger partial charge in [0.15, 0.2) is 0 Å². The van der Waals surface area contributed by atoms with Gasteiger partial charge >= 0.3 is 0 Å². The molecule has 0 spiro atoms. The lowest BCUT2D eigenvalue weighted by molar-refractivity contribution is 0.232. The highest BCUT2D eigenvalue weighted by molar-refractivity contribution is 7.98. The van der Waals surface area contributed by atoms with Gasteiger partial charge in [0, 0.05) is 10.9 Å². The Labute approximate surface area is 119 Å². The summed E-state index contributed by atoms with van der Waals surface area (Å²) in [5, 5.41) is 9.23. The van der Waals surface area contributed by atoms with E-state index in [9.17, 15) is 5.26 Å². The highest BCUT2D eigenvalue weighted by Crippen LogP contribution is 2.28. The fraction of sp³-hybridized carbons (Fsp3) is 0.533. The lowest BCUT2D eigenvalue weighted by Gasteiger charge is -2.19. The molecule has 1 aliphatic rings. The third-order valence-corrected chi connectivity index (χ3v) is 4.48. The van der Waals surface area contributed by atoms with Crippen molar-refractivity contribution in [1.29, 1.82) is 5.26 Å². The van der Waals surface area contributed by atoms with Crippen LogP contribution in [0.4, 0.5) is 0 Å². The molecule has 1 saturated heterocycles. The van der Waals surface area contributed by atoms with Gasteiger partial charge in [-0.05, 0) is 51.2 Å². The Morgan fingerprint density at radius 1 is 1.53 bits per heavy atom. The molecule has 0 aromatic heterocycles. The van der Waals surface area contributed by atoms with Crippen LogP contribution in [0.15, 0.2) is 23.1 Å². The molecule has 1 aromatic rings. The van der Waals surface area contributed by atoms with E-state index in [2.05, 4.69) is 18.0 Å². The Kier molecular flexibility index (Phi) is 5.12. The van der Waals surface area contributed by atoms with Crippen molar-refractivity contribution in [3.63, 3.8) is 0 Å². The largest absolute Gasteiger partial charge is 0.492 e. The Bertz CT molecular complexity index is 470. The smallest absolute Gasteiger partial charge is 0.138 e. The Morgan fingerprint density at radius 2 is 2.37 bits per heavy atom. The second kappa shape index (κ2) is 6.83. The molecule has 0 amide bonds. The third kappa shape index (κ3) is 3.43. The predicted molar refractivity (Wildman–Crippen MR) is 78.7 cm³/mol. The van der Waals surface area contributed by atoms with E-state index in [0.29, 0.717) is 18.2 Å². The maximum Gasteiger partial charge on any atom is 0.138 e. The number of hydrogen-bond acceptors (Lipinski definition) is 4. The molecule has 1 heterocycles. The first-order valence-electron chi connectivity index (χ1n) is 6.66. The van der Waals surface area contributed by atoms with Gasteiger partial charge in [0.05, 0.1) is 6.61 Å². The van der Waals surface area contributed by atoms with Crippen LogP contribution < -0.4 is 4.74 Å². The predicted octanol–water partition coefficient (Wildman–Crippen LogP) is 3.14. The molecule has 102 valence electrons. The molecule has 2 rings (SSSR count). The lowest BCUT2D eigenvalue weighted by Crippen LogP contribution is -2.26. The Hall–Kier alpha value is -1.18. The summed E-state index contributed by atoms with van der Waals surface area (Å²) >= 11 is 1.58. The van der Waals surface area contributed by atoms with Gasteiger partial charge in [0.2, 0.25) is 0 Å². The van der Waals surface area contributed by atoms with E-state index >= 15 is 0 Å². The fourth-order valence-electron chi connectivity index (χ4n) is 2.56.